The van der Waals surface area contributed by atoms with Crippen molar-refractivity contribution in [2.75, 3.05) is 0 Å². The van der Waals surface area contributed by atoms with Gasteiger partial charge in [-0.05, 0) is 56.1 Å². The van der Waals surface area contributed by atoms with Crippen molar-refractivity contribution in [2.45, 2.75) is 12.2 Å². The van der Waals surface area contributed by atoms with Gasteiger partial charge in [0.05, 0.1) is 11.1 Å². The minimum absolute atomic E-state index is 0.0185. The maximum Gasteiger partial charge on any atom is 0.349 e. The number of carbonyl (C=O) groups is 4. The molecule has 146 valence electrons. The molecule has 0 bridgehead atoms. The Labute approximate surface area is 175 Å². The summed E-state index contributed by atoms with van der Waals surface area (Å²) in [6, 6.07) is 12.0. The van der Waals surface area contributed by atoms with Crippen molar-refractivity contribution in [2.24, 2.45) is 0 Å². The zero-order valence-corrected chi connectivity index (χ0v) is 17.0. The number of esters is 2. The molecule has 10 heteroatoms. The molecule has 2 rings (SSSR count). The van der Waals surface area contributed by atoms with Crippen LogP contribution in [0, 0.1) is 0 Å². The fourth-order valence-corrected chi connectivity index (χ4v) is 2.99. The summed E-state index contributed by atoms with van der Waals surface area (Å²) in [6.07, 6.45) is -4.52. The van der Waals surface area contributed by atoms with E-state index in [0.29, 0.717) is 8.95 Å². The first-order chi connectivity index (χ1) is 13.2. The van der Waals surface area contributed by atoms with Crippen molar-refractivity contribution < 1.29 is 38.9 Å². The maximum atomic E-state index is 12.3. The third-order valence-corrected chi connectivity index (χ3v) is 4.80. The van der Waals surface area contributed by atoms with Crippen LogP contribution in [-0.4, -0.2) is 46.3 Å². The van der Waals surface area contributed by atoms with Crippen LogP contribution in [0.15, 0.2) is 57.5 Å². The highest BCUT2D eigenvalue weighted by atomic mass is 79.9. The molecule has 0 aliphatic heterocycles. The van der Waals surface area contributed by atoms with Crippen molar-refractivity contribution in [3.8, 4) is 0 Å². The number of benzene rings is 2. The summed E-state index contributed by atoms with van der Waals surface area (Å²) in [5, 5.41) is 18.7. The van der Waals surface area contributed by atoms with E-state index >= 15 is 0 Å². The van der Waals surface area contributed by atoms with Crippen LogP contribution >= 0.6 is 31.9 Å². The second-order valence-corrected chi connectivity index (χ2v) is 7.00. The summed E-state index contributed by atoms with van der Waals surface area (Å²) in [6.45, 7) is 0. The molecule has 0 aliphatic carbocycles. The van der Waals surface area contributed by atoms with E-state index in [9.17, 15) is 29.4 Å². The van der Waals surface area contributed by atoms with Crippen molar-refractivity contribution >= 4 is 55.7 Å². The normalized spacial score (nSPS) is 12.5. The van der Waals surface area contributed by atoms with E-state index in [4.69, 9.17) is 9.47 Å². The molecule has 8 nitrogen and oxygen atoms in total. The Balaban J connectivity index is 2.27. The maximum absolute atomic E-state index is 12.3. The van der Waals surface area contributed by atoms with Crippen LogP contribution in [0.1, 0.15) is 20.7 Å². The zero-order chi connectivity index (χ0) is 20.8. The van der Waals surface area contributed by atoms with E-state index in [0.717, 1.165) is 0 Å². The molecule has 0 radical (unpaired) electrons. The Morgan fingerprint density at radius 2 is 1.00 bits per heavy atom. The van der Waals surface area contributed by atoms with Gasteiger partial charge in [-0.1, -0.05) is 24.3 Å². The van der Waals surface area contributed by atoms with E-state index in [-0.39, 0.29) is 11.1 Å². The Kier molecular flexibility index (Phi) is 7.30. The molecule has 0 heterocycles. The van der Waals surface area contributed by atoms with E-state index < -0.39 is 36.1 Å². The molecule has 0 spiro atoms. The van der Waals surface area contributed by atoms with Gasteiger partial charge in [0.25, 0.3) is 0 Å². The van der Waals surface area contributed by atoms with Crippen LogP contribution in [0.3, 0.4) is 0 Å². The van der Waals surface area contributed by atoms with Crippen LogP contribution in [0.25, 0.3) is 0 Å². The first-order valence-corrected chi connectivity index (χ1v) is 9.17. The lowest BCUT2D eigenvalue weighted by atomic mass is 10.1. The smallest absolute Gasteiger partial charge is 0.349 e. The number of carbonyl (C=O) groups excluding carboxylic acids is 2. The first-order valence-electron chi connectivity index (χ1n) is 7.59. The molecule has 28 heavy (non-hydrogen) atoms. The quantitative estimate of drug-likeness (QED) is 0.538. The molecule has 0 aromatic heterocycles. The highest BCUT2D eigenvalue weighted by Crippen LogP contribution is 2.21. The van der Waals surface area contributed by atoms with Crippen LogP contribution in [0.5, 0.6) is 0 Å². The molecule has 2 unspecified atom stereocenters. The molecular weight excluding hydrogens is 504 g/mol. The van der Waals surface area contributed by atoms with Gasteiger partial charge in [-0.25, -0.2) is 19.2 Å². The highest BCUT2D eigenvalue weighted by molar-refractivity contribution is 9.10. The fraction of sp³-hybridized carbons (Fsp3) is 0.111. The second kappa shape index (κ2) is 9.47. The van der Waals surface area contributed by atoms with Crippen LogP contribution in [-0.2, 0) is 19.1 Å². The van der Waals surface area contributed by atoms with Gasteiger partial charge in [-0.3, -0.25) is 0 Å². The SMILES string of the molecule is O=C(OC(C(=O)O)C(OC(=O)c1ccccc1Br)C(=O)O)c1ccccc1Br. The Bertz CT molecular complexity index is 852. The van der Waals surface area contributed by atoms with Gasteiger partial charge in [-0.15, -0.1) is 0 Å². The summed E-state index contributed by atoms with van der Waals surface area (Å²) in [4.78, 5) is 47.6. The number of carboxylic acids is 2. The molecule has 2 N–H and O–H groups in total. The average Bonchev–Trinajstić information content (AvgIpc) is 2.64. The second-order valence-electron chi connectivity index (χ2n) is 5.29. The molecule has 2 aromatic rings. The molecule has 0 amide bonds. The molecule has 0 saturated heterocycles. The van der Waals surface area contributed by atoms with Crippen molar-refractivity contribution in [1.29, 1.82) is 0 Å². The Hall–Kier alpha value is -2.72. The van der Waals surface area contributed by atoms with Crippen molar-refractivity contribution in [3.05, 3.63) is 68.6 Å². The lowest BCUT2D eigenvalue weighted by Crippen LogP contribution is -2.46. The van der Waals surface area contributed by atoms with E-state index in [1.165, 1.54) is 36.4 Å². The number of carboxylic acid groups (broad SMARTS) is 2. The Morgan fingerprint density at radius 1 is 0.679 bits per heavy atom. The van der Waals surface area contributed by atoms with Crippen LogP contribution in [0.2, 0.25) is 0 Å². The topological polar surface area (TPSA) is 127 Å². The molecule has 2 aromatic carbocycles. The summed E-state index contributed by atoms with van der Waals surface area (Å²) >= 11 is 6.23. The van der Waals surface area contributed by atoms with Gasteiger partial charge in [0, 0.05) is 8.95 Å². The minimum Gasteiger partial charge on any atom is -0.478 e. The van der Waals surface area contributed by atoms with Crippen LogP contribution in [0.4, 0.5) is 0 Å². The molecular formula is C18H12Br2O8. The Morgan fingerprint density at radius 3 is 1.29 bits per heavy atom. The lowest BCUT2D eigenvalue weighted by Gasteiger charge is -2.21. The van der Waals surface area contributed by atoms with Gasteiger partial charge < -0.3 is 19.7 Å². The number of aliphatic carboxylic acids is 2. The van der Waals surface area contributed by atoms with Gasteiger partial charge >= 0.3 is 23.9 Å². The number of rotatable bonds is 7. The summed E-state index contributed by atoms with van der Waals surface area (Å²) < 4.78 is 10.3. The van der Waals surface area contributed by atoms with Gasteiger partial charge in [-0.2, -0.15) is 0 Å². The highest BCUT2D eigenvalue weighted by Gasteiger charge is 2.41. The summed E-state index contributed by atoms with van der Waals surface area (Å²) in [7, 11) is 0. The third kappa shape index (κ3) is 5.17. The number of hydrogen-bond donors (Lipinski definition) is 2. The van der Waals surface area contributed by atoms with E-state index in [1.54, 1.807) is 12.1 Å². The fourth-order valence-electron chi connectivity index (χ4n) is 2.09. The van der Waals surface area contributed by atoms with Crippen molar-refractivity contribution in [1.82, 2.24) is 0 Å². The predicted octanol–water partition coefficient (Wildman–Crippen LogP) is 3.13. The van der Waals surface area contributed by atoms with Crippen molar-refractivity contribution in [3.63, 3.8) is 0 Å². The average molecular weight is 516 g/mol. The van der Waals surface area contributed by atoms with Gasteiger partial charge in [0.15, 0.2) is 0 Å². The first kappa shape index (κ1) is 21.6. The van der Waals surface area contributed by atoms with Gasteiger partial charge in [0.1, 0.15) is 0 Å². The molecule has 0 aliphatic rings. The number of hydrogen-bond acceptors (Lipinski definition) is 6. The predicted molar refractivity (Wildman–Crippen MR) is 102 cm³/mol. The number of ether oxygens (including phenoxy) is 2. The zero-order valence-electron chi connectivity index (χ0n) is 13.9. The van der Waals surface area contributed by atoms with E-state index in [1.807, 2.05) is 0 Å². The third-order valence-electron chi connectivity index (χ3n) is 3.42. The summed E-state index contributed by atoms with van der Waals surface area (Å²) in [5.41, 5.74) is -0.0370. The summed E-state index contributed by atoms with van der Waals surface area (Å²) in [5.74, 6) is -5.76. The minimum atomic E-state index is -2.26. The van der Waals surface area contributed by atoms with Gasteiger partial charge in [0.2, 0.25) is 12.2 Å². The molecule has 0 fully saturated rings. The molecule has 2 atom stereocenters. The lowest BCUT2D eigenvalue weighted by molar-refractivity contribution is -0.166. The monoisotopic (exact) mass is 514 g/mol. The molecule has 0 saturated carbocycles. The van der Waals surface area contributed by atoms with E-state index in [2.05, 4.69) is 31.9 Å². The number of halogens is 2. The standard InChI is InChI=1S/C18H12Br2O8/c19-11-7-3-1-5-9(11)17(25)27-13(15(21)22)14(16(23)24)28-18(26)10-6-2-4-8-12(10)20/h1-8,13-14H,(H,21,22)(H,23,24). The largest absolute Gasteiger partial charge is 0.478 e. The van der Waals surface area contributed by atoms with Crippen LogP contribution < -0.4 is 0 Å².